The number of benzene rings is 3. The maximum Gasteiger partial charge on any atom is 0.261 e. The van der Waals surface area contributed by atoms with Crippen LogP contribution < -0.4 is 18.9 Å². The van der Waals surface area contributed by atoms with Crippen LogP contribution in [0.1, 0.15) is 51.2 Å². The van der Waals surface area contributed by atoms with E-state index in [9.17, 15) is 4.79 Å². The Bertz CT molecular complexity index is 1430. The van der Waals surface area contributed by atoms with Gasteiger partial charge in [-0.3, -0.25) is 4.79 Å². The van der Waals surface area contributed by atoms with Gasteiger partial charge in [0.25, 0.3) is 5.88 Å². The van der Waals surface area contributed by atoms with Gasteiger partial charge in [0.2, 0.25) is 0 Å². The van der Waals surface area contributed by atoms with E-state index >= 15 is 0 Å². The average molecular weight is 582 g/mol. The summed E-state index contributed by atoms with van der Waals surface area (Å²) in [6.45, 7) is 8.43. The number of terminal acetylenes is 1. The van der Waals surface area contributed by atoms with Gasteiger partial charge in [-0.05, 0) is 98.0 Å². The lowest BCUT2D eigenvalue weighted by atomic mass is 10.1. The standard InChI is InChI=1S/C12H15N3O2.C12H12O2.C11H12O/c1-3-8-17-10-6-4-9(5-7-10)11-12(16-2)14-15-13-11;1-2-10-14-12-7-5-11(6-8-12)4-3-9-13;1-3-9-12-11-7-5-10(4-2)6-8-11/h4-7H,3,8H2,1-2H3,(H,13,14,15);5-9H,2,10H2,1H3;2,5-8H,3,9H2,1H3. The highest BCUT2D eigenvalue weighted by atomic mass is 16.5. The van der Waals surface area contributed by atoms with E-state index in [1.165, 1.54) is 0 Å². The molecule has 0 saturated heterocycles. The molecule has 1 heterocycles. The fourth-order valence-corrected chi connectivity index (χ4v) is 3.31. The first-order valence-electron chi connectivity index (χ1n) is 14.1. The number of aromatic nitrogens is 3. The van der Waals surface area contributed by atoms with Gasteiger partial charge in [-0.25, -0.2) is 0 Å². The summed E-state index contributed by atoms with van der Waals surface area (Å²) in [6.07, 6.45) is 8.81. The third-order valence-electron chi connectivity index (χ3n) is 5.41. The highest BCUT2D eigenvalue weighted by Crippen LogP contribution is 2.26. The number of rotatable bonds is 11. The summed E-state index contributed by atoms with van der Waals surface area (Å²) < 4.78 is 21.4. The smallest absolute Gasteiger partial charge is 0.261 e. The van der Waals surface area contributed by atoms with Crippen LogP contribution >= 0.6 is 0 Å². The Balaban J connectivity index is 0.000000229. The second-order valence-corrected chi connectivity index (χ2v) is 8.83. The molecule has 0 aliphatic heterocycles. The van der Waals surface area contributed by atoms with Crippen LogP contribution in [0.2, 0.25) is 0 Å². The van der Waals surface area contributed by atoms with Crippen molar-refractivity contribution in [3.63, 3.8) is 0 Å². The number of hydrogen-bond acceptors (Lipinski definition) is 7. The van der Waals surface area contributed by atoms with Gasteiger partial charge in [-0.1, -0.05) is 32.6 Å². The molecule has 0 radical (unpaired) electrons. The quantitative estimate of drug-likeness (QED) is 0.155. The second-order valence-electron chi connectivity index (χ2n) is 8.83. The molecule has 8 heteroatoms. The fourth-order valence-electron chi connectivity index (χ4n) is 3.31. The number of carbonyl (C=O) groups excluding carboxylic acids is 1. The molecule has 1 N–H and O–H groups in total. The number of methoxy groups -OCH3 is 1. The Labute approximate surface area is 254 Å². The van der Waals surface area contributed by atoms with Gasteiger partial charge in [0, 0.05) is 16.7 Å². The van der Waals surface area contributed by atoms with Crippen LogP contribution in [0.3, 0.4) is 0 Å². The molecule has 4 aromatic rings. The molecule has 1 aromatic heterocycles. The lowest BCUT2D eigenvalue weighted by Gasteiger charge is -2.05. The molecular weight excluding hydrogens is 542 g/mol. The molecule has 0 saturated carbocycles. The second kappa shape index (κ2) is 20.6. The number of nitrogens with one attached hydrogen (secondary N) is 1. The van der Waals surface area contributed by atoms with E-state index < -0.39 is 0 Å². The Hall–Kier alpha value is -5.21. The molecule has 0 aliphatic rings. The molecule has 0 spiro atoms. The van der Waals surface area contributed by atoms with Crippen molar-refractivity contribution in [1.29, 1.82) is 0 Å². The summed E-state index contributed by atoms with van der Waals surface area (Å²) in [7, 11) is 1.57. The third kappa shape index (κ3) is 12.9. The summed E-state index contributed by atoms with van der Waals surface area (Å²) in [6, 6.07) is 22.6. The molecule has 0 fully saturated rings. The third-order valence-corrected chi connectivity index (χ3v) is 5.41. The molecule has 0 bridgehead atoms. The normalized spacial score (nSPS) is 9.37. The largest absolute Gasteiger partial charge is 0.494 e. The highest BCUT2D eigenvalue weighted by Gasteiger charge is 2.10. The van der Waals surface area contributed by atoms with Crippen molar-refractivity contribution in [3.8, 4) is 58.6 Å². The van der Waals surface area contributed by atoms with Crippen molar-refractivity contribution in [2.75, 3.05) is 26.9 Å². The van der Waals surface area contributed by atoms with Crippen molar-refractivity contribution in [2.45, 2.75) is 40.0 Å². The number of aromatic amines is 1. The minimum Gasteiger partial charge on any atom is -0.494 e. The number of hydrogen-bond donors (Lipinski definition) is 1. The fraction of sp³-hybridized carbons (Fsp3) is 0.286. The Morgan fingerprint density at radius 2 is 1.19 bits per heavy atom. The molecule has 8 nitrogen and oxygen atoms in total. The summed E-state index contributed by atoms with van der Waals surface area (Å²) in [5.74, 6) is 10.7. The number of nitrogens with zero attached hydrogens (tertiary/aromatic N) is 2. The summed E-state index contributed by atoms with van der Waals surface area (Å²) >= 11 is 0. The molecule has 0 aliphatic carbocycles. The number of aldehydes is 1. The van der Waals surface area contributed by atoms with E-state index in [-0.39, 0.29) is 0 Å². The monoisotopic (exact) mass is 581 g/mol. The SMILES string of the molecule is C#Cc1ccc(OCCC)cc1.CCCOc1ccc(-c2n[nH]nc2OC)cc1.CCCOc1ccc(C#CC=O)cc1. The number of H-pyrrole nitrogens is 1. The topological polar surface area (TPSA) is 95.6 Å². The van der Waals surface area contributed by atoms with E-state index in [4.69, 9.17) is 25.4 Å². The van der Waals surface area contributed by atoms with E-state index in [0.29, 0.717) is 17.9 Å². The first-order valence-corrected chi connectivity index (χ1v) is 14.1. The first-order chi connectivity index (χ1) is 21.1. The number of ether oxygens (including phenoxy) is 4. The van der Waals surface area contributed by atoms with Crippen LogP contribution in [-0.4, -0.2) is 48.6 Å². The lowest BCUT2D eigenvalue weighted by Crippen LogP contribution is -1.94. The predicted octanol–water partition coefficient (Wildman–Crippen LogP) is 6.75. The van der Waals surface area contributed by atoms with Gasteiger partial charge in [0.15, 0.2) is 12.0 Å². The van der Waals surface area contributed by atoms with E-state index in [0.717, 1.165) is 73.0 Å². The minimum atomic E-state index is 0.493. The van der Waals surface area contributed by atoms with Gasteiger partial charge >= 0.3 is 0 Å². The zero-order chi connectivity index (χ0) is 31.1. The Kier molecular flexibility index (Phi) is 16.3. The van der Waals surface area contributed by atoms with Crippen LogP contribution in [0.5, 0.6) is 23.1 Å². The van der Waals surface area contributed by atoms with Crippen molar-refractivity contribution in [1.82, 2.24) is 15.4 Å². The van der Waals surface area contributed by atoms with Crippen LogP contribution in [0.4, 0.5) is 0 Å². The zero-order valence-corrected chi connectivity index (χ0v) is 25.3. The predicted molar refractivity (Wildman–Crippen MR) is 169 cm³/mol. The maximum atomic E-state index is 9.99. The maximum absolute atomic E-state index is 9.99. The average Bonchev–Trinajstić information content (AvgIpc) is 3.55. The summed E-state index contributed by atoms with van der Waals surface area (Å²) in [5, 5.41) is 10.5. The molecule has 0 atom stereocenters. The molecule has 224 valence electrons. The highest BCUT2D eigenvalue weighted by molar-refractivity contribution is 5.74. The molecule has 3 aromatic carbocycles. The summed E-state index contributed by atoms with van der Waals surface area (Å²) in [4.78, 5) is 9.99. The van der Waals surface area contributed by atoms with E-state index in [2.05, 4.69) is 53.9 Å². The molecular formula is C35H39N3O5. The molecule has 0 amide bonds. The van der Waals surface area contributed by atoms with Crippen molar-refractivity contribution in [2.24, 2.45) is 0 Å². The zero-order valence-electron chi connectivity index (χ0n) is 25.3. The van der Waals surface area contributed by atoms with Gasteiger partial charge in [-0.15, -0.1) is 11.5 Å². The van der Waals surface area contributed by atoms with Crippen LogP contribution in [0.15, 0.2) is 72.8 Å². The van der Waals surface area contributed by atoms with Crippen LogP contribution in [0, 0.1) is 24.2 Å². The molecule has 43 heavy (non-hydrogen) atoms. The van der Waals surface area contributed by atoms with Crippen molar-refractivity contribution < 1.29 is 23.7 Å². The van der Waals surface area contributed by atoms with E-state index in [1.807, 2.05) is 72.8 Å². The first kappa shape index (κ1) is 34.0. The van der Waals surface area contributed by atoms with Gasteiger partial charge in [0.05, 0.1) is 26.9 Å². The van der Waals surface area contributed by atoms with E-state index in [1.54, 1.807) is 7.11 Å². The van der Waals surface area contributed by atoms with Gasteiger partial charge in [-0.2, -0.15) is 10.3 Å². The minimum absolute atomic E-state index is 0.493. The molecule has 0 unspecified atom stereocenters. The number of carbonyl (C=O) groups is 1. The van der Waals surface area contributed by atoms with Gasteiger partial charge < -0.3 is 18.9 Å². The lowest BCUT2D eigenvalue weighted by molar-refractivity contribution is -0.103. The van der Waals surface area contributed by atoms with Crippen LogP contribution in [0.25, 0.3) is 11.3 Å². The Morgan fingerprint density at radius 1 is 0.721 bits per heavy atom. The van der Waals surface area contributed by atoms with Crippen molar-refractivity contribution in [3.05, 3.63) is 83.9 Å². The Morgan fingerprint density at radius 3 is 1.60 bits per heavy atom. The molecule has 4 rings (SSSR count). The summed E-state index contributed by atoms with van der Waals surface area (Å²) in [5.41, 5.74) is 3.36. The van der Waals surface area contributed by atoms with Gasteiger partial charge in [0.1, 0.15) is 17.2 Å². The van der Waals surface area contributed by atoms with Crippen LogP contribution in [-0.2, 0) is 4.79 Å². The van der Waals surface area contributed by atoms with Crippen molar-refractivity contribution >= 4 is 6.29 Å².